The number of carbonyl (C=O) groups excluding carboxylic acids is 1. The molecular formula is C19H19N3O4S. The molecule has 140 valence electrons. The molecule has 2 heterocycles. The van der Waals surface area contributed by atoms with Gasteiger partial charge in [-0.3, -0.25) is 19.1 Å². The fraction of sp³-hybridized carbons (Fsp3) is 0.211. The summed E-state index contributed by atoms with van der Waals surface area (Å²) < 4.78 is 25.3. The Morgan fingerprint density at radius 3 is 2.63 bits per heavy atom. The van der Waals surface area contributed by atoms with Gasteiger partial charge in [0.1, 0.15) is 5.37 Å². The van der Waals surface area contributed by atoms with Crippen molar-refractivity contribution in [2.75, 3.05) is 6.26 Å². The molecule has 0 aliphatic carbocycles. The summed E-state index contributed by atoms with van der Waals surface area (Å²) in [6.45, 7) is 0. The maximum absolute atomic E-state index is 12.6. The zero-order valence-corrected chi connectivity index (χ0v) is 15.5. The number of para-hydroxylation sites is 1. The van der Waals surface area contributed by atoms with Crippen LogP contribution in [0.4, 0.5) is 0 Å². The van der Waals surface area contributed by atoms with Gasteiger partial charge in [0.05, 0.1) is 5.52 Å². The maximum Gasteiger partial charge on any atom is 0.252 e. The van der Waals surface area contributed by atoms with Gasteiger partial charge in [0, 0.05) is 42.1 Å². The van der Waals surface area contributed by atoms with Crippen molar-refractivity contribution in [2.45, 2.75) is 18.2 Å². The van der Waals surface area contributed by atoms with Crippen LogP contribution in [0.3, 0.4) is 0 Å². The van der Waals surface area contributed by atoms with Gasteiger partial charge in [-0.25, -0.2) is 8.42 Å². The Kier molecular flexibility index (Phi) is 5.09. The Hall–Kier alpha value is -3.00. The fourth-order valence-corrected chi connectivity index (χ4v) is 4.19. The Balaban J connectivity index is 2.07. The van der Waals surface area contributed by atoms with E-state index in [1.807, 2.05) is 30.3 Å². The summed E-state index contributed by atoms with van der Waals surface area (Å²) in [5, 5.41) is -0.202. The largest absolute Gasteiger partial charge is 0.370 e. The van der Waals surface area contributed by atoms with Gasteiger partial charge >= 0.3 is 0 Å². The van der Waals surface area contributed by atoms with Gasteiger partial charge < -0.3 is 5.73 Å². The number of nitrogens with two attached hydrogens (primary N) is 1. The van der Waals surface area contributed by atoms with Crippen molar-refractivity contribution in [1.29, 1.82) is 0 Å². The van der Waals surface area contributed by atoms with Gasteiger partial charge in [0.15, 0.2) is 9.84 Å². The number of pyridine rings is 2. The minimum Gasteiger partial charge on any atom is -0.370 e. The highest BCUT2D eigenvalue weighted by Crippen LogP contribution is 2.27. The van der Waals surface area contributed by atoms with Crippen LogP contribution in [0.1, 0.15) is 18.2 Å². The lowest BCUT2D eigenvalue weighted by atomic mass is 10.0. The minimum atomic E-state index is -3.61. The summed E-state index contributed by atoms with van der Waals surface area (Å²) in [5.74, 6) is -0.616. The van der Waals surface area contributed by atoms with Gasteiger partial charge in [-0.15, -0.1) is 0 Å². The minimum absolute atomic E-state index is 0.0523. The molecule has 1 unspecified atom stereocenters. The van der Waals surface area contributed by atoms with Crippen LogP contribution in [0.15, 0.2) is 59.7 Å². The number of sulfone groups is 1. The molecule has 0 bridgehead atoms. The number of fused-ring (bicyclic) bond motifs is 1. The van der Waals surface area contributed by atoms with Gasteiger partial charge in [-0.1, -0.05) is 24.3 Å². The molecule has 0 aliphatic rings. The van der Waals surface area contributed by atoms with Crippen LogP contribution in [0.5, 0.6) is 0 Å². The van der Waals surface area contributed by atoms with Crippen LogP contribution >= 0.6 is 0 Å². The Morgan fingerprint density at radius 2 is 1.96 bits per heavy atom. The normalized spacial score (nSPS) is 12.8. The molecule has 0 spiro atoms. The van der Waals surface area contributed by atoms with E-state index in [4.69, 9.17) is 5.73 Å². The molecule has 0 aliphatic heterocycles. The average molecular weight is 385 g/mol. The summed E-state index contributed by atoms with van der Waals surface area (Å²) in [6, 6.07) is 12.5. The predicted molar refractivity (Wildman–Crippen MR) is 104 cm³/mol. The molecule has 2 aromatic heterocycles. The number of amides is 1. The number of aromatic nitrogens is 2. The van der Waals surface area contributed by atoms with Crippen molar-refractivity contribution < 1.29 is 13.2 Å². The van der Waals surface area contributed by atoms with Gasteiger partial charge in [0.2, 0.25) is 5.91 Å². The summed E-state index contributed by atoms with van der Waals surface area (Å²) in [7, 11) is -3.61. The topological polar surface area (TPSA) is 112 Å². The van der Waals surface area contributed by atoms with Crippen molar-refractivity contribution in [3.63, 3.8) is 0 Å². The molecule has 1 amide bonds. The zero-order chi connectivity index (χ0) is 19.6. The standard InChI is InChI=1S/C19H19N3O4S/c1-27(25,26)18(8-7-16(20)23)22-11-9-14(12-17(22)24)15-6-2-4-13-5-3-10-21-19(13)15/h2-6,9-12,18H,7-8H2,1H3,(H2,20,23). The van der Waals surface area contributed by atoms with E-state index in [9.17, 15) is 18.0 Å². The lowest BCUT2D eigenvalue weighted by Crippen LogP contribution is -2.29. The third-order valence-electron chi connectivity index (χ3n) is 4.33. The number of nitrogens with zero attached hydrogens (tertiary/aromatic N) is 2. The van der Waals surface area contributed by atoms with Crippen LogP contribution in [0.2, 0.25) is 0 Å². The quantitative estimate of drug-likeness (QED) is 0.696. The smallest absolute Gasteiger partial charge is 0.252 e. The molecule has 1 atom stereocenters. The lowest BCUT2D eigenvalue weighted by molar-refractivity contribution is -0.118. The molecule has 0 saturated heterocycles. The zero-order valence-electron chi connectivity index (χ0n) is 14.7. The first-order valence-corrected chi connectivity index (χ1v) is 10.3. The van der Waals surface area contributed by atoms with Crippen LogP contribution in [0.25, 0.3) is 22.0 Å². The van der Waals surface area contributed by atoms with E-state index in [1.165, 1.54) is 12.3 Å². The van der Waals surface area contributed by atoms with Crippen molar-refractivity contribution in [3.05, 3.63) is 65.2 Å². The van der Waals surface area contributed by atoms with Crippen LogP contribution < -0.4 is 11.3 Å². The second-order valence-electron chi connectivity index (χ2n) is 6.33. The molecule has 3 rings (SSSR count). The van der Waals surface area contributed by atoms with E-state index in [1.54, 1.807) is 12.3 Å². The summed E-state index contributed by atoms with van der Waals surface area (Å²) in [6.07, 6.45) is 3.97. The second kappa shape index (κ2) is 7.32. The maximum atomic E-state index is 12.6. The summed E-state index contributed by atoms with van der Waals surface area (Å²) >= 11 is 0. The Labute approximate surface area is 156 Å². The van der Waals surface area contributed by atoms with Crippen molar-refractivity contribution in [1.82, 2.24) is 9.55 Å². The fourth-order valence-electron chi connectivity index (χ4n) is 3.06. The molecule has 3 aromatic rings. The number of hydrogen-bond donors (Lipinski definition) is 1. The monoisotopic (exact) mass is 385 g/mol. The molecular weight excluding hydrogens is 366 g/mol. The molecule has 8 heteroatoms. The van der Waals surface area contributed by atoms with E-state index in [0.717, 1.165) is 27.3 Å². The number of hydrogen-bond acceptors (Lipinski definition) is 5. The molecule has 0 saturated carbocycles. The molecule has 1 aromatic carbocycles. The van der Waals surface area contributed by atoms with Crippen molar-refractivity contribution in [3.8, 4) is 11.1 Å². The highest BCUT2D eigenvalue weighted by atomic mass is 32.2. The third-order valence-corrected chi connectivity index (χ3v) is 5.79. The second-order valence-corrected chi connectivity index (χ2v) is 8.53. The highest BCUT2D eigenvalue weighted by Gasteiger charge is 2.24. The Bertz CT molecular complexity index is 1160. The summed E-state index contributed by atoms with van der Waals surface area (Å²) in [5.41, 5.74) is 6.83. The van der Waals surface area contributed by atoms with E-state index in [0.29, 0.717) is 5.56 Å². The van der Waals surface area contributed by atoms with Crippen molar-refractivity contribution >= 4 is 26.6 Å². The van der Waals surface area contributed by atoms with E-state index < -0.39 is 26.7 Å². The van der Waals surface area contributed by atoms with E-state index in [-0.39, 0.29) is 12.8 Å². The van der Waals surface area contributed by atoms with Crippen molar-refractivity contribution in [2.24, 2.45) is 5.73 Å². The van der Waals surface area contributed by atoms with Crippen LogP contribution in [-0.2, 0) is 14.6 Å². The van der Waals surface area contributed by atoms with E-state index >= 15 is 0 Å². The number of benzene rings is 1. The number of carbonyl (C=O) groups is 1. The lowest BCUT2D eigenvalue weighted by Gasteiger charge is -2.18. The first-order chi connectivity index (χ1) is 12.8. The molecule has 0 fully saturated rings. The first-order valence-electron chi connectivity index (χ1n) is 8.31. The molecule has 2 N–H and O–H groups in total. The average Bonchev–Trinajstić information content (AvgIpc) is 2.61. The van der Waals surface area contributed by atoms with Crippen LogP contribution in [0, 0.1) is 0 Å². The number of rotatable bonds is 6. The SMILES string of the molecule is CS(=O)(=O)C(CCC(N)=O)n1ccc(-c2cccc3cccnc23)cc1=O. The van der Waals surface area contributed by atoms with E-state index in [2.05, 4.69) is 4.98 Å². The van der Waals surface area contributed by atoms with Gasteiger partial charge in [-0.2, -0.15) is 0 Å². The predicted octanol–water partition coefficient (Wildman–Crippen LogP) is 1.87. The summed E-state index contributed by atoms with van der Waals surface area (Å²) in [4.78, 5) is 28.1. The highest BCUT2D eigenvalue weighted by molar-refractivity contribution is 7.90. The van der Waals surface area contributed by atoms with Gasteiger partial charge in [-0.05, 0) is 24.1 Å². The molecule has 0 radical (unpaired) electrons. The molecule has 27 heavy (non-hydrogen) atoms. The molecule has 7 nitrogen and oxygen atoms in total. The van der Waals surface area contributed by atoms with Crippen LogP contribution in [-0.4, -0.2) is 30.1 Å². The number of primary amides is 1. The first kappa shape index (κ1) is 18.8. The Morgan fingerprint density at radius 1 is 1.22 bits per heavy atom. The van der Waals surface area contributed by atoms with Gasteiger partial charge in [0.25, 0.3) is 5.56 Å². The third kappa shape index (κ3) is 4.06.